The molecule has 0 radical (unpaired) electrons. The first-order valence-corrected chi connectivity index (χ1v) is 6.30. The number of primary amides is 1. The maximum atomic E-state index is 13.5. The van der Waals surface area contributed by atoms with Crippen molar-refractivity contribution in [2.24, 2.45) is 5.73 Å². The lowest BCUT2D eigenvalue weighted by molar-refractivity contribution is 0.0910. The summed E-state index contributed by atoms with van der Waals surface area (Å²) in [5.41, 5.74) is 6.10. The molecular weight excluding hydrogens is 273 g/mol. The smallest absolute Gasteiger partial charge is 0.255 e. The molecule has 0 saturated carbocycles. The van der Waals surface area contributed by atoms with Crippen LogP contribution in [0.25, 0.3) is 0 Å². The molecule has 2 aromatic carbocycles. The molecule has 0 saturated heterocycles. The third-order valence-electron chi connectivity index (χ3n) is 3.03. The van der Waals surface area contributed by atoms with Crippen LogP contribution >= 0.6 is 0 Å². The van der Waals surface area contributed by atoms with Crippen LogP contribution in [0.1, 0.15) is 26.3 Å². The van der Waals surface area contributed by atoms with E-state index in [0.717, 1.165) is 11.6 Å². The first-order valence-electron chi connectivity index (χ1n) is 6.30. The van der Waals surface area contributed by atoms with Gasteiger partial charge in [0.1, 0.15) is 17.1 Å². The molecule has 0 bridgehead atoms. The van der Waals surface area contributed by atoms with Crippen LogP contribution in [0, 0.1) is 12.7 Å². The van der Waals surface area contributed by atoms with Gasteiger partial charge < -0.3 is 10.5 Å². The zero-order valence-corrected chi connectivity index (χ0v) is 11.4. The number of ether oxygens (including phenoxy) is 1. The Morgan fingerprint density at radius 1 is 1.14 bits per heavy atom. The molecule has 2 N–H and O–H groups in total. The Labute approximate surface area is 121 Å². The van der Waals surface area contributed by atoms with Crippen LogP contribution in [0.2, 0.25) is 0 Å². The number of hydrogen-bond donors (Lipinski definition) is 1. The van der Waals surface area contributed by atoms with Gasteiger partial charge in [0, 0.05) is 5.56 Å². The summed E-state index contributed by atoms with van der Waals surface area (Å²) in [4.78, 5) is 23.3. The van der Waals surface area contributed by atoms with Crippen molar-refractivity contribution in [3.8, 4) is 5.75 Å². The standard InChI is InChI=1S/C16H14FNO3/c1-10-5-2-3-6-11(10)13(19)9-21-14-8-4-7-12(17)15(14)16(18)20/h2-8H,9H2,1H3,(H2,18,20). The van der Waals surface area contributed by atoms with Crippen molar-refractivity contribution < 1.29 is 18.7 Å². The second-order valence-electron chi connectivity index (χ2n) is 4.50. The Balaban J connectivity index is 2.18. The quantitative estimate of drug-likeness (QED) is 0.859. The minimum atomic E-state index is -0.938. The first-order chi connectivity index (χ1) is 10.0. The normalized spacial score (nSPS) is 10.2. The summed E-state index contributed by atoms with van der Waals surface area (Å²) < 4.78 is 18.8. The Hall–Kier alpha value is -2.69. The van der Waals surface area contributed by atoms with Crippen LogP contribution in [0.4, 0.5) is 4.39 Å². The van der Waals surface area contributed by atoms with Crippen molar-refractivity contribution in [3.05, 3.63) is 65.0 Å². The Morgan fingerprint density at radius 3 is 2.52 bits per heavy atom. The van der Waals surface area contributed by atoms with Gasteiger partial charge in [-0.05, 0) is 24.6 Å². The average molecular weight is 287 g/mol. The van der Waals surface area contributed by atoms with Crippen LogP contribution in [0.5, 0.6) is 5.75 Å². The molecule has 2 aromatic rings. The number of ketones is 1. The molecule has 0 aliphatic rings. The average Bonchev–Trinajstić information content (AvgIpc) is 2.44. The maximum absolute atomic E-state index is 13.5. The second-order valence-corrected chi connectivity index (χ2v) is 4.50. The van der Waals surface area contributed by atoms with Crippen molar-refractivity contribution >= 4 is 11.7 Å². The minimum absolute atomic E-state index is 0.0376. The van der Waals surface area contributed by atoms with Crippen LogP contribution in [0.15, 0.2) is 42.5 Å². The summed E-state index contributed by atoms with van der Waals surface area (Å²) in [6.07, 6.45) is 0. The van der Waals surface area contributed by atoms with E-state index < -0.39 is 11.7 Å². The van der Waals surface area contributed by atoms with Crippen LogP contribution in [0.3, 0.4) is 0 Å². The molecule has 1 amide bonds. The van der Waals surface area contributed by atoms with E-state index in [1.165, 1.54) is 12.1 Å². The third-order valence-corrected chi connectivity index (χ3v) is 3.03. The molecule has 0 aromatic heterocycles. The lowest BCUT2D eigenvalue weighted by Gasteiger charge is -2.10. The highest BCUT2D eigenvalue weighted by Gasteiger charge is 2.16. The molecule has 0 unspecified atom stereocenters. The summed E-state index contributed by atoms with van der Waals surface area (Å²) in [6, 6.07) is 11.0. The molecule has 2 rings (SSSR count). The number of aryl methyl sites for hydroxylation is 1. The Kier molecular flexibility index (Phi) is 4.33. The fraction of sp³-hybridized carbons (Fsp3) is 0.125. The van der Waals surface area contributed by atoms with Crippen molar-refractivity contribution in [2.75, 3.05) is 6.61 Å². The summed E-state index contributed by atoms with van der Waals surface area (Å²) in [6.45, 7) is 1.51. The van der Waals surface area contributed by atoms with Gasteiger partial charge in [-0.15, -0.1) is 0 Å². The van der Waals surface area contributed by atoms with Gasteiger partial charge in [-0.25, -0.2) is 4.39 Å². The lowest BCUT2D eigenvalue weighted by Crippen LogP contribution is -2.18. The van der Waals surface area contributed by atoms with Crippen molar-refractivity contribution in [3.63, 3.8) is 0 Å². The second kappa shape index (κ2) is 6.17. The number of hydrogen-bond acceptors (Lipinski definition) is 3. The molecule has 4 nitrogen and oxygen atoms in total. The summed E-state index contributed by atoms with van der Waals surface area (Å²) in [5, 5.41) is 0. The van der Waals surface area contributed by atoms with E-state index in [0.29, 0.717) is 5.56 Å². The largest absolute Gasteiger partial charge is 0.484 e. The van der Waals surface area contributed by atoms with Gasteiger partial charge in [0.25, 0.3) is 5.91 Å². The highest BCUT2D eigenvalue weighted by Crippen LogP contribution is 2.21. The minimum Gasteiger partial charge on any atom is -0.484 e. The van der Waals surface area contributed by atoms with Gasteiger partial charge in [-0.1, -0.05) is 30.3 Å². The van der Waals surface area contributed by atoms with E-state index in [9.17, 15) is 14.0 Å². The Bertz CT molecular complexity index is 698. The maximum Gasteiger partial charge on any atom is 0.255 e. The summed E-state index contributed by atoms with van der Waals surface area (Å²) in [7, 11) is 0. The number of rotatable bonds is 5. The number of carbonyl (C=O) groups is 2. The van der Waals surface area contributed by atoms with Gasteiger partial charge in [0.2, 0.25) is 0 Å². The number of carbonyl (C=O) groups excluding carboxylic acids is 2. The fourth-order valence-corrected chi connectivity index (χ4v) is 1.97. The monoisotopic (exact) mass is 287 g/mol. The number of Topliss-reactive ketones (excluding diaryl/α,β-unsaturated/α-hetero) is 1. The number of amides is 1. The van der Waals surface area contributed by atoms with Gasteiger partial charge in [0.05, 0.1) is 0 Å². The van der Waals surface area contributed by atoms with Crippen LogP contribution in [-0.4, -0.2) is 18.3 Å². The first kappa shape index (κ1) is 14.7. The highest BCUT2D eigenvalue weighted by atomic mass is 19.1. The third kappa shape index (κ3) is 3.25. The number of benzene rings is 2. The fourth-order valence-electron chi connectivity index (χ4n) is 1.97. The highest BCUT2D eigenvalue weighted by molar-refractivity contribution is 5.99. The molecule has 0 fully saturated rings. The van der Waals surface area contributed by atoms with E-state index in [4.69, 9.17) is 10.5 Å². The molecule has 0 aliphatic heterocycles. The van der Waals surface area contributed by atoms with E-state index >= 15 is 0 Å². The van der Waals surface area contributed by atoms with Crippen molar-refractivity contribution in [1.29, 1.82) is 0 Å². The summed E-state index contributed by atoms with van der Waals surface area (Å²) >= 11 is 0. The van der Waals surface area contributed by atoms with E-state index in [1.807, 2.05) is 19.1 Å². The molecule has 5 heteroatoms. The summed E-state index contributed by atoms with van der Waals surface area (Å²) in [5.74, 6) is -2.01. The Morgan fingerprint density at radius 2 is 1.86 bits per heavy atom. The predicted molar refractivity (Wildman–Crippen MR) is 75.9 cm³/mol. The topological polar surface area (TPSA) is 69.4 Å². The molecule has 0 atom stereocenters. The number of nitrogens with two attached hydrogens (primary N) is 1. The molecule has 108 valence electrons. The van der Waals surface area contributed by atoms with Crippen LogP contribution in [-0.2, 0) is 0 Å². The molecular formula is C16H14FNO3. The SMILES string of the molecule is Cc1ccccc1C(=O)COc1cccc(F)c1C(N)=O. The lowest BCUT2D eigenvalue weighted by atomic mass is 10.1. The zero-order chi connectivity index (χ0) is 15.4. The van der Waals surface area contributed by atoms with Gasteiger partial charge in [-0.3, -0.25) is 9.59 Å². The molecule has 0 spiro atoms. The van der Waals surface area contributed by atoms with Crippen molar-refractivity contribution in [1.82, 2.24) is 0 Å². The van der Waals surface area contributed by atoms with Gasteiger partial charge in [0.15, 0.2) is 12.4 Å². The predicted octanol–water partition coefficient (Wildman–Crippen LogP) is 2.49. The molecule has 21 heavy (non-hydrogen) atoms. The van der Waals surface area contributed by atoms with Gasteiger partial charge in [-0.2, -0.15) is 0 Å². The van der Waals surface area contributed by atoms with E-state index in [-0.39, 0.29) is 23.7 Å². The van der Waals surface area contributed by atoms with Gasteiger partial charge >= 0.3 is 0 Å². The van der Waals surface area contributed by atoms with Crippen molar-refractivity contribution in [2.45, 2.75) is 6.92 Å². The zero-order valence-electron chi connectivity index (χ0n) is 11.4. The van der Waals surface area contributed by atoms with Crippen LogP contribution < -0.4 is 10.5 Å². The molecule has 0 heterocycles. The number of halogens is 1. The molecule has 0 aliphatic carbocycles. The van der Waals surface area contributed by atoms with E-state index in [1.54, 1.807) is 12.1 Å². The van der Waals surface area contributed by atoms with E-state index in [2.05, 4.69) is 0 Å².